The van der Waals surface area contributed by atoms with Gasteiger partial charge in [-0.05, 0) is 18.9 Å². The van der Waals surface area contributed by atoms with E-state index in [9.17, 15) is 10.1 Å². The third-order valence-corrected chi connectivity index (χ3v) is 2.83. The fraction of sp³-hybridized carbons (Fsp3) is 0.455. The predicted octanol–water partition coefficient (Wildman–Crippen LogP) is 1.77. The summed E-state index contributed by atoms with van der Waals surface area (Å²) in [5.41, 5.74) is 6.95. The van der Waals surface area contributed by atoms with Gasteiger partial charge in [0.1, 0.15) is 0 Å². The van der Waals surface area contributed by atoms with Crippen LogP contribution in [-0.4, -0.2) is 24.2 Å². The van der Waals surface area contributed by atoms with E-state index in [1.165, 1.54) is 12.1 Å². The zero-order valence-corrected chi connectivity index (χ0v) is 9.39. The zero-order chi connectivity index (χ0) is 12.3. The van der Waals surface area contributed by atoms with Gasteiger partial charge in [0.15, 0.2) is 0 Å². The van der Waals surface area contributed by atoms with Crippen molar-refractivity contribution in [2.45, 2.75) is 18.9 Å². The molecule has 0 bridgehead atoms. The van der Waals surface area contributed by atoms with E-state index in [0.717, 1.165) is 31.7 Å². The standard InChI is InChI=1S/C11H15N3O3/c12-10-7-9(14(15)16)1-2-11(10)13-8-3-5-17-6-4-8/h1-2,7-8,13H,3-6,12H2. The second-order valence-electron chi connectivity index (χ2n) is 4.06. The molecule has 0 aliphatic carbocycles. The van der Waals surface area contributed by atoms with Crippen LogP contribution in [0.1, 0.15) is 12.8 Å². The number of hydrogen-bond acceptors (Lipinski definition) is 5. The topological polar surface area (TPSA) is 90.4 Å². The van der Waals surface area contributed by atoms with Gasteiger partial charge in [0.25, 0.3) is 5.69 Å². The molecule has 1 aromatic carbocycles. The smallest absolute Gasteiger partial charge is 0.271 e. The summed E-state index contributed by atoms with van der Waals surface area (Å²) in [5, 5.41) is 13.9. The average molecular weight is 237 g/mol. The summed E-state index contributed by atoms with van der Waals surface area (Å²) in [6, 6.07) is 4.82. The second kappa shape index (κ2) is 5.01. The Hall–Kier alpha value is -1.82. The molecule has 0 atom stereocenters. The maximum Gasteiger partial charge on any atom is 0.271 e. The van der Waals surface area contributed by atoms with Crippen LogP contribution in [0.5, 0.6) is 0 Å². The first kappa shape index (κ1) is 11.7. The lowest BCUT2D eigenvalue weighted by molar-refractivity contribution is -0.384. The number of nitrogen functional groups attached to an aromatic ring is 1. The highest BCUT2D eigenvalue weighted by Crippen LogP contribution is 2.26. The van der Waals surface area contributed by atoms with Crippen LogP contribution >= 0.6 is 0 Å². The van der Waals surface area contributed by atoms with Crippen LogP contribution in [0.4, 0.5) is 17.1 Å². The Morgan fingerprint density at radius 3 is 2.71 bits per heavy atom. The number of nitro groups is 1. The van der Waals surface area contributed by atoms with Crippen molar-refractivity contribution in [2.75, 3.05) is 24.3 Å². The van der Waals surface area contributed by atoms with E-state index in [2.05, 4.69) is 5.32 Å². The van der Waals surface area contributed by atoms with Crippen molar-refractivity contribution < 1.29 is 9.66 Å². The summed E-state index contributed by atoms with van der Waals surface area (Å²) in [6.07, 6.45) is 1.85. The van der Waals surface area contributed by atoms with Crippen molar-refractivity contribution in [3.63, 3.8) is 0 Å². The minimum atomic E-state index is -0.450. The maximum absolute atomic E-state index is 10.6. The Morgan fingerprint density at radius 2 is 2.12 bits per heavy atom. The van der Waals surface area contributed by atoms with E-state index >= 15 is 0 Å². The third kappa shape index (κ3) is 2.85. The highest BCUT2D eigenvalue weighted by Gasteiger charge is 2.15. The number of rotatable bonds is 3. The molecule has 1 fully saturated rings. The normalized spacial score (nSPS) is 16.7. The molecule has 1 saturated heterocycles. The molecule has 3 N–H and O–H groups in total. The molecule has 1 aromatic rings. The van der Waals surface area contributed by atoms with Crippen LogP contribution in [0.15, 0.2) is 18.2 Å². The maximum atomic E-state index is 10.6. The van der Waals surface area contributed by atoms with Crippen LogP contribution in [0.25, 0.3) is 0 Å². The number of hydrogen-bond donors (Lipinski definition) is 2. The van der Waals surface area contributed by atoms with Crippen LogP contribution in [0, 0.1) is 10.1 Å². The van der Waals surface area contributed by atoms with E-state index in [1.54, 1.807) is 6.07 Å². The molecule has 0 aromatic heterocycles. The molecular weight excluding hydrogens is 222 g/mol. The SMILES string of the molecule is Nc1cc([N+](=O)[O-])ccc1NC1CCOCC1. The van der Waals surface area contributed by atoms with Gasteiger partial charge in [0, 0.05) is 31.4 Å². The average Bonchev–Trinajstić information content (AvgIpc) is 2.33. The van der Waals surface area contributed by atoms with E-state index in [4.69, 9.17) is 10.5 Å². The van der Waals surface area contributed by atoms with Gasteiger partial charge in [-0.3, -0.25) is 10.1 Å². The summed E-state index contributed by atoms with van der Waals surface area (Å²) < 4.78 is 5.26. The summed E-state index contributed by atoms with van der Waals surface area (Å²) >= 11 is 0. The fourth-order valence-corrected chi connectivity index (χ4v) is 1.86. The molecule has 92 valence electrons. The van der Waals surface area contributed by atoms with Crippen LogP contribution < -0.4 is 11.1 Å². The molecule has 0 unspecified atom stereocenters. The second-order valence-corrected chi connectivity index (χ2v) is 4.06. The number of nitro benzene ring substituents is 1. The van der Waals surface area contributed by atoms with Gasteiger partial charge >= 0.3 is 0 Å². The van der Waals surface area contributed by atoms with Gasteiger partial charge in [-0.1, -0.05) is 0 Å². The number of ether oxygens (including phenoxy) is 1. The molecule has 0 spiro atoms. The lowest BCUT2D eigenvalue weighted by Crippen LogP contribution is -2.28. The first-order valence-corrected chi connectivity index (χ1v) is 5.55. The number of nitrogens with two attached hydrogens (primary N) is 1. The highest BCUT2D eigenvalue weighted by atomic mass is 16.6. The Balaban J connectivity index is 2.08. The Labute approximate surface area is 98.9 Å². The Morgan fingerprint density at radius 1 is 1.41 bits per heavy atom. The van der Waals surface area contributed by atoms with Crippen molar-refractivity contribution in [1.82, 2.24) is 0 Å². The van der Waals surface area contributed by atoms with Crippen LogP contribution in [-0.2, 0) is 4.74 Å². The van der Waals surface area contributed by atoms with Gasteiger partial charge in [-0.2, -0.15) is 0 Å². The summed E-state index contributed by atoms with van der Waals surface area (Å²) in [7, 11) is 0. The highest BCUT2D eigenvalue weighted by molar-refractivity contribution is 5.69. The minimum Gasteiger partial charge on any atom is -0.397 e. The van der Waals surface area contributed by atoms with Gasteiger partial charge in [0.05, 0.1) is 16.3 Å². The van der Waals surface area contributed by atoms with Crippen LogP contribution in [0.2, 0.25) is 0 Å². The number of nitrogens with zero attached hydrogens (tertiary/aromatic N) is 1. The monoisotopic (exact) mass is 237 g/mol. The van der Waals surface area contributed by atoms with Gasteiger partial charge < -0.3 is 15.8 Å². The number of benzene rings is 1. The Bertz CT molecular complexity index is 416. The van der Waals surface area contributed by atoms with Crippen molar-refractivity contribution in [3.8, 4) is 0 Å². The fourth-order valence-electron chi connectivity index (χ4n) is 1.86. The van der Waals surface area contributed by atoms with Crippen molar-refractivity contribution in [3.05, 3.63) is 28.3 Å². The molecule has 17 heavy (non-hydrogen) atoms. The molecule has 6 heteroatoms. The van der Waals surface area contributed by atoms with Gasteiger partial charge in [0.2, 0.25) is 0 Å². The molecule has 1 heterocycles. The van der Waals surface area contributed by atoms with E-state index in [-0.39, 0.29) is 5.69 Å². The summed E-state index contributed by atoms with van der Waals surface area (Å²) in [4.78, 5) is 10.1. The van der Waals surface area contributed by atoms with Crippen molar-refractivity contribution in [1.29, 1.82) is 0 Å². The van der Waals surface area contributed by atoms with Crippen LogP contribution in [0.3, 0.4) is 0 Å². The third-order valence-electron chi connectivity index (χ3n) is 2.83. The van der Waals surface area contributed by atoms with Gasteiger partial charge in [-0.15, -0.1) is 0 Å². The summed E-state index contributed by atoms with van der Waals surface area (Å²) in [6.45, 7) is 1.48. The number of anilines is 2. The van der Waals surface area contributed by atoms with E-state index in [0.29, 0.717) is 11.7 Å². The lowest BCUT2D eigenvalue weighted by atomic mass is 10.1. The molecule has 1 aliphatic heterocycles. The lowest BCUT2D eigenvalue weighted by Gasteiger charge is -2.24. The van der Waals surface area contributed by atoms with Crippen molar-refractivity contribution in [2.24, 2.45) is 0 Å². The molecule has 6 nitrogen and oxygen atoms in total. The van der Waals surface area contributed by atoms with Crippen molar-refractivity contribution >= 4 is 17.1 Å². The van der Waals surface area contributed by atoms with E-state index in [1.807, 2.05) is 0 Å². The molecular formula is C11H15N3O3. The molecule has 0 saturated carbocycles. The zero-order valence-electron chi connectivity index (χ0n) is 9.39. The first-order valence-electron chi connectivity index (χ1n) is 5.55. The molecule has 1 aliphatic rings. The number of nitrogens with one attached hydrogen (secondary N) is 1. The van der Waals surface area contributed by atoms with Gasteiger partial charge in [-0.25, -0.2) is 0 Å². The Kier molecular flexibility index (Phi) is 3.43. The minimum absolute atomic E-state index is 0.0139. The molecule has 0 radical (unpaired) electrons. The molecule has 2 rings (SSSR count). The quantitative estimate of drug-likeness (QED) is 0.475. The van der Waals surface area contributed by atoms with E-state index < -0.39 is 4.92 Å². The predicted molar refractivity (Wildman–Crippen MR) is 65.0 cm³/mol. The number of non-ortho nitro benzene ring substituents is 1. The molecule has 0 amide bonds. The largest absolute Gasteiger partial charge is 0.397 e. The summed E-state index contributed by atoms with van der Waals surface area (Å²) in [5.74, 6) is 0. The first-order chi connectivity index (χ1) is 8.16.